The largest absolute Gasteiger partial charge is 0.497 e. The Morgan fingerprint density at radius 2 is 1.85 bits per heavy atom. The van der Waals surface area contributed by atoms with Crippen LogP contribution in [0, 0.1) is 6.92 Å². The van der Waals surface area contributed by atoms with Crippen LogP contribution in [-0.4, -0.2) is 22.1 Å². The zero-order valence-electron chi connectivity index (χ0n) is 11.4. The van der Waals surface area contributed by atoms with Gasteiger partial charge in [-0.05, 0) is 43.3 Å². The average molecular weight is 265 g/mol. The second-order valence-electron chi connectivity index (χ2n) is 4.53. The van der Waals surface area contributed by atoms with Gasteiger partial charge in [-0.15, -0.1) is 0 Å². The molecule has 1 N–H and O–H groups in total. The summed E-state index contributed by atoms with van der Waals surface area (Å²) in [6.07, 6.45) is 3.58. The molecule has 0 saturated heterocycles. The molecule has 0 bridgehead atoms. The number of nitrogens with one attached hydrogen (secondary N) is 1. The van der Waals surface area contributed by atoms with Crippen molar-refractivity contribution in [3.8, 4) is 28.4 Å². The second-order valence-corrected chi connectivity index (χ2v) is 4.53. The SMILES string of the molecule is COc1ccc(-c2nc(-c3cccnc3)c(C)[nH]2)cc1. The molecule has 0 saturated carbocycles. The average Bonchev–Trinajstić information content (AvgIpc) is 2.90. The lowest BCUT2D eigenvalue weighted by molar-refractivity contribution is 0.415. The summed E-state index contributed by atoms with van der Waals surface area (Å²) in [5, 5.41) is 0. The zero-order valence-corrected chi connectivity index (χ0v) is 11.4. The van der Waals surface area contributed by atoms with Crippen molar-refractivity contribution in [2.24, 2.45) is 0 Å². The summed E-state index contributed by atoms with van der Waals surface area (Å²) in [7, 11) is 1.66. The Kier molecular flexibility index (Phi) is 3.21. The molecule has 1 aromatic carbocycles. The molecule has 0 atom stereocenters. The number of pyridine rings is 1. The highest BCUT2D eigenvalue weighted by Crippen LogP contribution is 2.26. The summed E-state index contributed by atoms with van der Waals surface area (Å²) in [6.45, 7) is 2.02. The molecule has 0 amide bonds. The Balaban J connectivity index is 2.00. The van der Waals surface area contributed by atoms with E-state index in [4.69, 9.17) is 4.74 Å². The number of nitrogens with zero attached hydrogens (tertiary/aromatic N) is 2. The van der Waals surface area contributed by atoms with Gasteiger partial charge in [0.25, 0.3) is 0 Å². The third-order valence-electron chi connectivity index (χ3n) is 3.18. The number of H-pyrrole nitrogens is 1. The lowest BCUT2D eigenvalue weighted by Crippen LogP contribution is -1.84. The van der Waals surface area contributed by atoms with Crippen molar-refractivity contribution in [2.75, 3.05) is 7.11 Å². The summed E-state index contributed by atoms with van der Waals surface area (Å²) in [6, 6.07) is 11.8. The first-order valence-corrected chi connectivity index (χ1v) is 6.39. The maximum Gasteiger partial charge on any atom is 0.138 e. The van der Waals surface area contributed by atoms with Crippen LogP contribution in [0.15, 0.2) is 48.8 Å². The minimum Gasteiger partial charge on any atom is -0.497 e. The molecular formula is C16H15N3O. The monoisotopic (exact) mass is 265 g/mol. The second kappa shape index (κ2) is 5.17. The number of hydrogen-bond donors (Lipinski definition) is 1. The Morgan fingerprint density at radius 1 is 1.05 bits per heavy atom. The van der Waals surface area contributed by atoms with Crippen molar-refractivity contribution in [1.29, 1.82) is 0 Å². The number of aromatic nitrogens is 3. The minimum atomic E-state index is 0.838. The first-order valence-electron chi connectivity index (χ1n) is 6.39. The van der Waals surface area contributed by atoms with Crippen molar-refractivity contribution in [1.82, 2.24) is 15.0 Å². The molecule has 4 nitrogen and oxygen atoms in total. The number of aromatic amines is 1. The van der Waals surface area contributed by atoms with Crippen molar-refractivity contribution < 1.29 is 4.74 Å². The van der Waals surface area contributed by atoms with E-state index < -0.39 is 0 Å². The van der Waals surface area contributed by atoms with Gasteiger partial charge in [0.2, 0.25) is 0 Å². The zero-order chi connectivity index (χ0) is 13.9. The van der Waals surface area contributed by atoms with E-state index in [1.165, 1.54) is 0 Å². The molecule has 0 radical (unpaired) electrons. The lowest BCUT2D eigenvalue weighted by Gasteiger charge is -2.00. The van der Waals surface area contributed by atoms with Gasteiger partial charge in [0.1, 0.15) is 11.6 Å². The molecular weight excluding hydrogens is 250 g/mol. The van der Waals surface area contributed by atoms with Gasteiger partial charge in [-0.1, -0.05) is 0 Å². The normalized spacial score (nSPS) is 10.5. The van der Waals surface area contributed by atoms with Crippen molar-refractivity contribution in [3.05, 3.63) is 54.5 Å². The molecule has 0 aliphatic rings. The number of rotatable bonds is 3. The minimum absolute atomic E-state index is 0.838. The van der Waals surface area contributed by atoms with E-state index in [-0.39, 0.29) is 0 Å². The van der Waals surface area contributed by atoms with E-state index in [1.54, 1.807) is 13.3 Å². The highest BCUT2D eigenvalue weighted by molar-refractivity contribution is 5.66. The van der Waals surface area contributed by atoms with Gasteiger partial charge >= 0.3 is 0 Å². The van der Waals surface area contributed by atoms with Crippen LogP contribution in [-0.2, 0) is 0 Å². The highest BCUT2D eigenvalue weighted by Gasteiger charge is 2.10. The molecule has 4 heteroatoms. The smallest absolute Gasteiger partial charge is 0.138 e. The first kappa shape index (κ1) is 12.4. The van der Waals surface area contributed by atoms with Crippen molar-refractivity contribution in [2.45, 2.75) is 6.92 Å². The molecule has 0 aliphatic carbocycles. The Morgan fingerprint density at radius 3 is 2.50 bits per heavy atom. The molecule has 3 rings (SSSR count). The Bertz CT molecular complexity index is 702. The van der Waals surface area contributed by atoms with Gasteiger partial charge in [-0.25, -0.2) is 4.98 Å². The van der Waals surface area contributed by atoms with Crippen LogP contribution in [0.4, 0.5) is 0 Å². The van der Waals surface area contributed by atoms with E-state index in [9.17, 15) is 0 Å². The fourth-order valence-electron chi connectivity index (χ4n) is 2.13. The summed E-state index contributed by atoms with van der Waals surface area (Å²) in [4.78, 5) is 12.1. The molecule has 3 aromatic rings. The van der Waals surface area contributed by atoms with Crippen molar-refractivity contribution in [3.63, 3.8) is 0 Å². The van der Waals surface area contributed by atoms with Crippen LogP contribution in [0.3, 0.4) is 0 Å². The summed E-state index contributed by atoms with van der Waals surface area (Å²) in [5.74, 6) is 1.69. The molecule has 0 aliphatic heterocycles. The molecule has 0 unspecified atom stereocenters. The molecule has 100 valence electrons. The summed E-state index contributed by atoms with van der Waals surface area (Å²) in [5.41, 5.74) is 4.01. The number of aryl methyl sites for hydroxylation is 1. The maximum absolute atomic E-state index is 5.16. The lowest BCUT2D eigenvalue weighted by atomic mass is 10.2. The van der Waals surface area contributed by atoms with E-state index in [2.05, 4.69) is 15.0 Å². The molecule has 20 heavy (non-hydrogen) atoms. The fraction of sp³-hybridized carbons (Fsp3) is 0.125. The third kappa shape index (κ3) is 2.28. The van der Waals surface area contributed by atoms with Crippen LogP contribution < -0.4 is 4.74 Å². The number of imidazole rings is 1. The van der Waals surface area contributed by atoms with E-state index >= 15 is 0 Å². The van der Waals surface area contributed by atoms with E-state index in [0.29, 0.717) is 0 Å². The van der Waals surface area contributed by atoms with E-state index in [1.807, 2.05) is 49.5 Å². The van der Waals surface area contributed by atoms with Crippen molar-refractivity contribution >= 4 is 0 Å². The quantitative estimate of drug-likeness (QED) is 0.789. The molecule has 0 fully saturated rings. The van der Waals surface area contributed by atoms with Gasteiger partial charge in [-0.2, -0.15) is 0 Å². The number of hydrogen-bond acceptors (Lipinski definition) is 3. The standard InChI is InChI=1S/C16H15N3O/c1-11-15(13-4-3-9-17-10-13)19-16(18-11)12-5-7-14(20-2)8-6-12/h3-10H,1-2H3,(H,18,19). The fourth-order valence-corrected chi connectivity index (χ4v) is 2.13. The van der Waals surface area contributed by atoms with Gasteiger partial charge in [0.05, 0.1) is 12.8 Å². The summed E-state index contributed by atoms with van der Waals surface area (Å²) >= 11 is 0. The summed E-state index contributed by atoms with van der Waals surface area (Å²) < 4.78 is 5.16. The predicted octanol–water partition coefficient (Wildman–Crippen LogP) is 3.46. The van der Waals surface area contributed by atoms with Gasteiger partial charge in [0, 0.05) is 29.2 Å². The number of methoxy groups -OCH3 is 1. The predicted molar refractivity (Wildman–Crippen MR) is 78.5 cm³/mol. The number of benzene rings is 1. The van der Waals surface area contributed by atoms with Crippen LogP contribution in [0.2, 0.25) is 0 Å². The van der Waals surface area contributed by atoms with Crippen LogP contribution in [0.5, 0.6) is 5.75 Å². The Hall–Kier alpha value is -2.62. The van der Waals surface area contributed by atoms with E-state index in [0.717, 1.165) is 34.1 Å². The van der Waals surface area contributed by atoms with Gasteiger partial charge in [0.15, 0.2) is 0 Å². The molecule has 0 spiro atoms. The highest BCUT2D eigenvalue weighted by atomic mass is 16.5. The number of ether oxygens (including phenoxy) is 1. The van der Waals surface area contributed by atoms with Gasteiger partial charge < -0.3 is 9.72 Å². The Labute approximate surface area is 117 Å². The van der Waals surface area contributed by atoms with Gasteiger partial charge in [-0.3, -0.25) is 4.98 Å². The van der Waals surface area contributed by atoms with Crippen LogP contribution >= 0.6 is 0 Å². The third-order valence-corrected chi connectivity index (χ3v) is 3.18. The van der Waals surface area contributed by atoms with Crippen LogP contribution in [0.25, 0.3) is 22.6 Å². The maximum atomic E-state index is 5.16. The molecule has 2 heterocycles. The first-order chi connectivity index (χ1) is 9.78. The van der Waals surface area contributed by atoms with Crippen LogP contribution in [0.1, 0.15) is 5.69 Å². The topological polar surface area (TPSA) is 50.8 Å². The molecule has 2 aromatic heterocycles.